The number of nitrogens with zero attached hydrogens (tertiary/aromatic N) is 2. The maximum atomic E-state index is 12.9. The Kier molecular flexibility index (Phi) is 6.24. The Hall–Kier alpha value is -3.67. The van der Waals surface area contributed by atoms with Gasteiger partial charge in [-0.3, -0.25) is 14.2 Å². The van der Waals surface area contributed by atoms with Crippen molar-refractivity contribution in [3.8, 4) is 0 Å². The van der Waals surface area contributed by atoms with Crippen LogP contribution in [-0.4, -0.2) is 20.6 Å². The van der Waals surface area contributed by atoms with Gasteiger partial charge in [0.05, 0.1) is 5.39 Å². The van der Waals surface area contributed by atoms with Gasteiger partial charge in [0.2, 0.25) is 0 Å². The summed E-state index contributed by atoms with van der Waals surface area (Å²) in [6.07, 6.45) is 7.77. The van der Waals surface area contributed by atoms with Crippen LogP contribution in [0.15, 0.2) is 71.7 Å². The third-order valence-electron chi connectivity index (χ3n) is 4.47. The van der Waals surface area contributed by atoms with Gasteiger partial charge in [0, 0.05) is 30.1 Å². The van der Waals surface area contributed by atoms with Gasteiger partial charge in [-0.1, -0.05) is 30.4 Å². The Balaban J connectivity index is 2.20. The fourth-order valence-electron chi connectivity index (χ4n) is 3.12. The number of carbonyl (C=O) groups is 1. The fourth-order valence-corrected chi connectivity index (χ4v) is 3.12. The number of aromatic nitrogens is 2. The van der Waals surface area contributed by atoms with E-state index in [1.807, 2.05) is 67.0 Å². The summed E-state index contributed by atoms with van der Waals surface area (Å²) in [5, 5.41) is 12.7. The lowest BCUT2D eigenvalue weighted by Gasteiger charge is -2.18. The molecular weight excluding hydrogens is 366 g/mol. The van der Waals surface area contributed by atoms with E-state index in [0.29, 0.717) is 23.3 Å². The van der Waals surface area contributed by atoms with Crippen molar-refractivity contribution in [2.45, 2.75) is 26.7 Å². The normalized spacial score (nSPS) is 11.9. The van der Waals surface area contributed by atoms with Crippen LogP contribution in [0.3, 0.4) is 0 Å². The molecule has 3 aromatic rings. The molecular formula is C23H23N3O3. The smallest absolute Gasteiger partial charge is 0.303 e. The van der Waals surface area contributed by atoms with Crippen LogP contribution in [0.4, 0.5) is 11.5 Å². The largest absolute Gasteiger partial charge is 0.481 e. The number of hydrogen-bond donors (Lipinski definition) is 2. The molecule has 0 amide bonds. The number of aliphatic carboxylic acids is 1. The van der Waals surface area contributed by atoms with Gasteiger partial charge in [-0.2, -0.15) is 0 Å². The van der Waals surface area contributed by atoms with Crippen molar-refractivity contribution >= 4 is 34.2 Å². The second-order valence-corrected chi connectivity index (χ2v) is 6.54. The van der Waals surface area contributed by atoms with Crippen LogP contribution < -0.4 is 10.7 Å². The van der Waals surface area contributed by atoms with E-state index < -0.39 is 5.97 Å². The van der Waals surface area contributed by atoms with Crippen LogP contribution in [-0.2, 0) is 11.2 Å². The quantitative estimate of drug-likeness (QED) is 0.577. The minimum Gasteiger partial charge on any atom is -0.481 e. The zero-order chi connectivity index (χ0) is 20.8. The Bertz CT molecular complexity index is 1150. The van der Waals surface area contributed by atoms with Gasteiger partial charge in [0.1, 0.15) is 11.5 Å². The molecule has 0 aliphatic rings. The molecule has 2 heterocycles. The predicted molar refractivity (Wildman–Crippen MR) is 116 cm³/mol. The highest BCUT2D eigenvalue weighted by atomic mass is 16.4. The third kappa shape index (κ3) is 4.60. The highest BCUT2D eigenvalue weighted by Crippen LogP contribution is 2.25. The van der Waals surface area contributed by atoms with Gasteiger partial charge in [-0.25, -0.2) is 4.98 Å². The van der Waals surface area contributed by atoms with E-state index in [0.717, 1.165) is 16.9 Å². The number of fused-ring (bicyclic) bond motifs is 1. The molecule has 0 aliphatic heterocycles. The summed E-state index contributed by atoms with van der Waals surface area (Å²) in [4.78, 5) is 28.2. The van der Waals surface area contributed by atoms with Gasteiger partial charge in [0.15, 0.2) is 5.43 Å². The molecule has 0 saturated heterocycles. The van der Waals surface area contributed by atoms with Crippen LogP contribution in [0, 0.1) is 0 Å². The lowest BCUT2D eigenvalue weighted by atomic mass is 10.1. The van der Waals surface area contributed by atoms with E-state index in [1.165, 1.54) is 0 Å². The second-order valence-electron chi connectivity index (χ2n) is 6.54. The van der Waals surface area contributed by atoms with Crippen LogP contribution in [0.5, 0.6) is 0 Å². The maximum Gasteiger partial charge on any atom is 0.303 e. The first-order chi connectivity index (χ1) is 14.0. The van der Waals surface area contributed by atoms with E-state index in [2.05, 4.69) is 10.3 Å². The molecule has 0 radical (unpaired) electrons. The first-order valence-corrected chi connectivity index (χ1v) is 9.41. The minimum absolute atomic E-state index is 0.00624. The number of para-hydroxylation sites is 1. The SMILES string of the molecule is C/C=C\C(=C/C)n1c(Nc2ccccc2)cc(=O)c2cc(CCC(=O)O)cnc21. The van der Waals surface area contributed by atoms with Crippen LogP contribution >= 0.6 is 0 Å². The van der Waals surface area contributed by atoms with Crippen molar-refractivity contribution in [1.82, 2.24) is 9.55 Å². The van der Waals surface area contributed by atoms with E-state index in [1.54, 1.807) is 18.3 Å². The van der Waals surface area contributed by atoms with Crippen molar-refractivity contribution in [2.75, 3.05) is 5.32 Å². The Morgan fingerprint density at radius 3 is 2.62 bits per heavy atom. The molecule has 0 spiro atoms. The van der Waals surface area contributed by atoms with E-state index in [-0.39, 0.29) is 11.8 Å². The molecule has 6 heteroatoms. The summed E-state index contributed by atoms with van der Waals surface area (Å²) >= 11 is 0. The van der Waals surface area contributed by atoms with Gasteiger partial charge < -0.3 is 10.4 Å². The summed E-state index contributed by atoms with van der Waals surface area (Å²) in [6, 6.07) is 12.9. The van der Waals surface area contributed by atoms with Crippen molar-refractivity contribution in [3.05, 3.63) is 82.7 Å². The van der Waals surface area contributed by atoms with Crippen molar-refractivity contribution in [3.63, 3.8) is 0 Å². The summed E-state index contributed by atoms with van der Waals surface area (Å²) in [7, 11) is 0. The molecule has 2 N–H and O–H groups in total. The predicted octanol–water partition coefficient (Wildman–Crippen LogP) is 4.59. The molecule has 3 rings (SSSR count). The zero-order valence-electron chi connectivity index (χ0n) is 16.4. The van der Waals surface area contributed by atoms with E-state index in [4.69, 9.17) is 5.11 Å². The molecule has 1 aromatic carbocycles. The van der Waals surface area contributed by atoms with Gasteiger partial charge in [-0.15, -0.1) is 0 Å². The lowest BCUT2D eigenvalue weighted by molar-refractivity contribution is -0.136. The van der Waals surface area contributed by atoms with Crippen LogP contribution in [0.25, 0.3) is 16.7 Å². The third-order valence-corrected chi connectivity index (χ3v) is 4.47. The highest BCUT2D eigenvalue weighted by Gasteiger charge is 2.14. The molecule has 0 atom stereocenters. The fraction of sp³-hybridized carbons (Fsp3) is 0.174. The highest BCUT2D eigenvalue weighted by molar-refractivity contribution is 5.84. The Morgan fingerprint density at radius 2 is 1.97 bits per heavy atom. The molecule has 2 aromatic heterocycles. The average Bonchev–Trinajstić information content (AvgIpc) is 2.72. The Labute approximate surface area is 168 Å². The molecule has 0 bridgehead atoms. The van der Waals surface area contributed by atoms with Crippen molar-refractivity contribution in [1.29, 1.82) is 0 Å². The monoisotopic (exact) mass is 389 g/mol. The molecule has 0 unspecified atom stereocenters. The van der Waals surface area contributed by atoms with Gasteiger partial charge >= 0.3 is 5.97 Å². The van der Waals surface area contributed by atoms with Gasteiger partial charge in [0.25, 0.3) is 0 Å². The number of hydrogen-bond acceptors (Lipinski definition) is 4. The topological polar surface area (TPSA) is 84.2 Å². The van der Waals surface area contributed by atoms with Crippen molar-refractivity contribution < 1.29 is 9.90 Å². The molecule has 0 saturated carbocycles. The number of nitrogens with one attached hydrogen (secondary N) is 1. The summed E-state index contributed by atoms with van der Waals surface area (Å²) in [6.45, 7) is 3.85. The first-order valence-electron chi connectivity index (χ1n) is 9.41. The minimum atomic E-state index is -0.880. The van der Waals surface area contributed by atoms with Crippen LogP contribution in [0.2, 0.25) is 0 Å². The van der Waals surface area contributed by atoms with Gasteiger partial charge in [-0.05, 0) is 50.1 Å². The molecule has 148 valence electrons. The number of allylic oxidation sites excluding steroid dienone is 4. The molecule has 0 aliphatic carbocycles. The summed E-state index contributed by atoms with van der Waals surface area (Å²) < 4.78 is 1.89. The molecule has 29 heavy (non-hydrogen) atoms. The number of carboxylic acids is 1. The number of pyridine rings is 2. The van der Waals surface area contributed by atoms with E-state index in [9.17, 15) is 9.59 Å². The number of anilines is 2. The number of aryl methyl sites for hydroxylation is 1. The Morgan fingerprint density at radius 1 is 1.21 bits per heavy atom. The second kappa shape index (κ2) is 9.01. The first kappa shape index (κ1) is 20.1. The molecule has 0 fully saturated rings. The number of carboxylic acid groups (broad SMARTS) is 1. The standard InChI is InChI=1S/C23H23N3O3/c1-3-8-18(4-2)26-21(25-17-9-6-5-7-10-17)14-20(27)19-13-16(11-12-22(28)29)15-24-23(19)26/h3-10,13-15,25H,11-12H2,1-2H3,(H,28,29)/b8-3-,18-4+. The van der Waals surface area contributed by atoms with E-state index >= 15 is 0 Å². The maximum absolute atomic E-state index is 12.9. The van der Waals surface area contributed by atoms with Crippen molar-refractivity contribution in [2.24, 2.45) is 0 Å². The summed E-state index contributed by atoms with van der Waals surface area (Å²) in [5.74, 6) is -0.278. The summed E-state index contributed by atoms with van der Waals surface area (Å²) in [5.41, 5.74) is 2.78. The van der Waals surface area contributed by atoms with Crippen LogP contribution in [0.1, 0.15) is 25.8 Å². The zero-order valence-corrected chi connectivity index (χ0v) is 16.4. The average molecular weight is 389 g/mol. The number of benzene rings is 1. The molecule has 6 nitrogen and oxygen atoms in total. The number of rotatable bonds is 7. The lowest BCUT2D eigenvalue weighted by Crippen LogP contribution is -2.14.